The molecule has 2 aromatic rings. The summed E-state index contributed by atoms with van der Waals surface area (Å²) in [5, 5.41) is 11.4. The van der Waals surface area contributed by atoms with Gasteiger partial charge in [-0.1, -0.05) is 16.8 Å². The summed E-state index contributed by atoms with van der Waals surface area (Å²) in [4.78, 5) is 38.9. The van der Waals surface area contributed by atoms with Crippen molar-refractivity contribution in [3.05, 3.63) is 47.0 Å². The molecule has 1 N–H and O–H groups in total. The number of rotatable bonds is 6. The van der Waals surface area contributed by atoms with Crippen LogP contribution in [0.25, 0.3) is 0 Å². The van der Waals surface area contributed by atoms with Crippen molar-refractivity contribution in [3.63, 3.8) is 0 Å². The van der Waals surface area contributed by atoms with Gasteiger partial charge in [0.25, 0.3) is 11.8 Å². The molecule has 2 atom stereocenters. The molecular formula is C20H16ClF2N5O5. The zero-order valence-electron chi connectivity index (χ0n) is 17.2. The van der Waals surface area contributed by atoms with E-state index in [0.717, 1.165) is 23.2 Å². The van der Waals surface area contributed by atoms with Gasteiger partial charge in [0.15, 0.2) is 23.7 Å². The predicted octanol–water partition coefficient (Wildman–Crippen LogP) is 2.57. The lowest BCUT2D eigenvalue weighted by atomic mass is 10.1. The van der Waals surface area contributed by atoms with E-state index < -0.39 is 48.0 Å². The Hall–Kier alpha value is -3.80. The van der Waals surface area contributed by atoms with Crippen molar-refractivity contribution in [2.75, 3.05) is 31.0 Å². The molecule has 4 rings (SSSR count). The van der Waals surface area contributed by atoms with Crippen LogP contribution in [0.5, 0.6) is 11.5 Å². The van der Waals surface area contributed by atoms with Crippen LogP contribution in [0.2, 0.25) is 5.02 Å². The van der Waals surface area contributed by atoms with E-state index in [0.29, 0.717) is 10.6 Å². The first-order valence-electron chi connectivity index (χ1n) is 9.46. The first-order chi connectivity index (χ1) is 15.7. The van der Waals surface area contributed by atoms with Gasteiger partial charge in [0.2, 0.25) is 5.91 Å². The molecule has 0 spiro atoms. The highest BCUT2D eigenvalue weighted by atomic mass is 35.5. The number of hydrogen-bond acceptors (Lipinski definition) is 8. The topological polar surface area (TPSA) is 113 Å². The van der Waals surface area contributed by atoms with E-state index >= 15 is 0 Å². The van der Waals surface area contributed by atoms with Crippen LogP contribution >= 0.6 is 11.6 Å². The number of imide groups is 1. The summed E-state index contributed by atoms with van der Waals surface area (Å²) in [6, 6.07) is 3.16. The van der Waals surface area contributed by atoms with E-state index in [9.17, 15) is 23.2 Å². The number of halogens is 3. The first kappa shape index (κ1) is 22.4. The van der Waals surface area contributed by atoms with Crippen molar-refractivity contribution in [1.82, 2.24) is 5.01 Å². The highest BCUT2D eigenvalue weighted by Crippen LogP contribution is 2.36. The van der Waals surface area contributed by atoms with Crippen molar-refractivity contribution >= 4 is 40.7 Å². The molecule has 0 unspecified atom stereocenters. The molecule has 2 heterocycles. The van der Waals surface area contributed by atoms with Gasteiger partial charge >= 0.3 is 0 Å². The Morgan fingerprint density at radius 1 is 1.09 bits per heavy atom. The van der Waals surface area contributed by atoms with Crippen LogP contribution in [-0.4, -0.2) is 55.6 Å². The van der Waals surface area contributed by atoms with Crippen LogP contribution in [0, 0.1) is 11.6 Å². The largest absolute Gasteiger partial charge is 0.495 e. The van der Waals surface area contributed by atoms with Crippen molar-refractivity contribution < 1.29 is 32.6 Å². The Labute approximate surface area is 190 Å². The number of ether oxygens (including phenoxy) is 2. The molecule has 1 fully saturated rings. The summed E-state index contributed by atoms with van der Waals surface area (Å²) < 4.78 is 37.2. The van der Waals surface area contributed by atoms with Crippen LogP contribution in [0.4, 0.5) is 20.2 Å². The standard InChI is InChI=1S/C20H16ClF2N5O5/c1-32-14-7-15(33-2)13(6-10(14)21)24-16(29)8-27-18-17(25-26-27)19(30)28(20(18)31)9-3-4-11(22)12(23)5-9/h3-7,17-18H,8H2,1-2H3,(H,24,29)/t17-,18+/m1/s1. The quantitative estimate of drug-likeness (QED) is 0.637. The van der Waals surface area contributed by atoms with Crippen LogP contribution in [0.3, 0.4) is 0 Å². The van der Waals surface area contributed by atoms with Crippen molar-refractivity contribution in [2.45, 2.75) is 12.1 Å². The average molecular weight is 480 g/mol. The van der Waals surface area contributed by atoms with E-state index in [2.05, 4.69) is 15.7 Å². The number of methoxy groups -OCH3 is 2. The fourth-order valence-electron chi connectivity index (χ4n) is 3.53. The fraction of sp³-hybridized carbons (Fsp3) is 0.250. The maximum atomic E-state index is 13.6. The van der Waals surface area contributed by atoms with Gasteiger partial charge in [-0.15, -0.1) is 0 Å². The molecule has 10 nitrogen and oxygen atoms in total. The molecule has 2 aliphatic rings. The van der Waals surface area contributed by atoms with Gasteiger partial charge in [-0.3, -0.25) is 19.4 Å². The molecular weight excluding hydrogens is 464 g/mol. The van der Waals surface area contributed by atoms with Gasteiger partial charge in [0, 0.05) is 12.1 Å². The molecule has 2 aromatic carbocycles. The molecule has 2 aliphatic heterocycles. The van der Waals surface area contributed by atoms with Gasteiger partial charge in [-0.05, 0) is 18.2 Å². The lowest BCUT2D eigenvalue weighted by Gasteiger charge is -2.20. The van der Waals surface area contributed by atoms with E-state index in [1.807, 2.05) is 0 Å². The van der Waals surface area contributed by atoms with Crippen LogP contribution < -0.4 is 19.7 Å². The van der Waals surface area contributed by atoms with Crippen molar-refractivity contribution in [2.24, 2.45) is 10.3 Å². The molecule has 33 heavy (non-hydrogen) atoms. The highest BCUT2D eigenvalue weighted by Gasteiger charge is 2.55. The smallest absolute Gasteiger partial charge is 0.263 e. The van der Waals surface area contributed by atoms with Crippen LogP contribution in [0.1, 0.15) is 0 Å². The molecule has 13 heteroatoms. The minimum Gasteiger partial charge on any atom is -0.495 e. The van der Waals surface area contributed by atoms with Gasteiger partial charge < -0.3 is 14.8 Å². The zero-order chi connectivity index (χ0) is 23.9. The summed E-state index contributed by atoms with van der Waals surface area (Å²) in [6.07, 6.45) is 0. The highest BCUT2D eigenvalue weighted by molar-refractivity contribution is 6.32. The number of carbonyl (C=O) groups excluding carboxylic acids is 3. The Kier molecular flexibility index (Phi) is 5.85. The van der Waals surface area contributed by atoms with E-state index in [1.165, 1.54) is 26.4 Å². The van der Waals surface area contributed by atoms with Crippen molar-refractivity contribution in [3.8, 4) is 11.5 Å². The number of benzene rings is 2. The lowest BCUT2D eigenvalue weighted by molar-refractivity contribution is -0.123. The summed E-state index contributed by atoms with van der Waals surface area (Å²) in [5.74, 6) is -3.83. The molecule has 0 radical (unpaired) electrons. The second-order valence-corrected chi connectivity index (χ2v) is 7.44. The summed E-state index contributed by atoms with van der Waals surface area (Å²) in [5.41, 5.74) is 0.105. The van der Waals surface area contributed by atoms with E-state index in [-0.39, 0.29) is 22.1 Å². The Balaban J connectivity index is 1.51. The van der Waals surface area contributed by atoms with Crippen LogP contribution in [0.15, 0.2) is 40.7 Å². The third kappa shape index (κ3) is 3.93. The number of nitrogens with zero attached hydrogens (tertiary/aromatic N) is 4. The Morgan fingerprint density at radius 2 is 1.82 bits per heavy atom. The van der Waals surface area contributed by atoms with Gasteiger partial charge in [0.1, 0.15) is 18.0 Å². The number of amides is 3. The third-order valence-corrected chi connectivity index (χ3v) is 5.37. The average Bonchev–Trinajstić information content (AvgIpc) is 3.30. The number of hydrogen-bond donors (Lipinski definition) is 1. The summed E-state index contributed by atoms with van der Waals surface area (Å²) in [6.45, 7) is -0.428. The maximum Gasteiger partial charge on any atom is 0.263 e. The van der Waals surface area contributed by atoms with E-state index in [1.54, 1.807) is 0 Å². The molecule has 0 saturated carbocycles. The monoisotopic (exact) mass is 479 g/mol. The lowest BCUT2D eigenvalue weighted by Crippen LogP contribution is -2.43. The summed E-state index contributed by atoms with van der Waals surface area (Å²) in [7, 11) is 2.82. The fourth-order valence-corrected chi connectivity index (χ4v) is 3.77. The summed E-state index contributed by atoms with van der Waals surface area (Å²) >= 11 is 6.10. The zero-order valence-corrected chi connectivity index (χ0v) is 18.0. The third-order valence-electron chi connectivity index (χ3n) is 5.07. The predicted molar refractivity (Wildman–Crippen MR) is 111 cm³/mol. The van der Waals surface area contributed by atoms with Gasteiger partial charge in [0.05, 0.1) is 30.6 Å². The molecule has 0 aromatic heterocycles. The molecule has 172 valence electrons. The normalized spacial score (nSPS) is 19.2. The van der Waals surface area contributed by atoms with Crippen LogP contribution in [-0.2, 0) is 14.4 Å². The van der Waals surface area contributed by atoms with Crippen molar-refractivity contribution in [1.29, 1.82) is 0 Å². The maximum absolute atomic E-state index is 13.6. The number of carbonyl (C=O) groups is 3. The number of fused-ring (bicyclic) bond motifs is 1. The van der Waals surface area contributed by atoms with Gasteiger partial charge in [-0.25, -0.2) is 13.7 Å². The Bertz CT molecular complexity index is 1190. The minimum atomic E-state index is -1.21. The molecule has 1 saturated heterocycles. The second-order valence-electron chi connectivity index (χ2n) is 7.04. The second kappa shape index (κ2) is 8.62. The van der Waals surface area contributed by atoms with Gasteiger partial charge in [-0.2, -0.15) is 5.11 Å². The van der Waals surface area contributed by atoms with E-state index in [4.69, 9.17) is 21.1 Å². The number of anilines is 2. The minimum absolute atomic E-state index is 0.143. The Morgan fingerprint density at radius 3 is 2.48 bits per heavy atom. The SMILES string of the molecule is COc1cc(OC)c(NC(=O)CN2N=N[C@H]3C(=O)N(c4ccc(F)c(F)c4)C(=O)[C@H]32)cc1Cl. The number of nitrogens with one attached hydrogen (secondary N) is 1. The molecule has 3 amide bonds. The molecule has 0 bridgehead atoms. The molecule has 0 aliphatic carbocycles. The first-order valence-corrected chi connectivity index (χ1v) is 9.84.